The molecule has 1 aromatic carbocycles. The molecule has 0 saturated heterocycles. The van der Waals surface area contributed by atoms with Gasteiger partial charge in [-0.15, -0.1) is 0 Å². The van der Waals surface area contributed by atoms with Crippen molar-refractivity contribution in [1.82, 2.24) is 0 Å². The number of benzene rings is 1. The SMILES string of the molecule is O=C(O)c1ccc(Sc2ccc([N+](=O)[O-])cc2I)o1. The third-order valence-electron chi connectivity index (χ3n) is 2.13. The number of carbonyl (C=O) groups is 1. The minimum absolute atomic E-state index is 0.0134. The van der Waals surface area contributed by atoms with E-state index >= 15 is 0 Å². The van der Waals surface area contributed by atoms with Crippen molar-refractivity contribution < 1.29 is 19.2 Å². The van der Waals surface area contributed by atoms with E-state index in [1.807, 2.05) is 22.6 Å². The van der Waals surface area contributed by atoms with Crippen molar-refractivity contribution in [1.29, 1.82) is 0 Å². The highest BCUT2D eigenvalue weighted by molar-refractivity contribution is 14.1. The summed E-state index contributed by atoms with van der Waals surface area (Å²) in [5.74, 6) is -1.27. The molecule has 1 aromatic heterocycles. The molecule has 2 aromatic rings. The number of hydrogen-bond donors (Lipinski definition) is 1. The van der Waals surface area contributed by atoms with Crippen LogP contribution in [-0.4, -0.2) is 16.0 Å². The molecule has 0 radical (unpaired) electrons. The molecule has 0 unspecified atom stereocenters. The summed E-state index contributed by atoms with van der Waals surface area (Å²) in [7, 11) is 0. The molecule has 6 nitrogen and oxygen atoms in total. The highest BCUT2D eigenvalue weighted by Gasteiger charge is 2.13. The van der Waals surface area contributed by atoms with E-state index in [1.165, 1.54) is 30.0 Å². The van der Waals surface area contributed by atoms with Crippen molar-refractivity contribution in [3.63, 3.8) is 0 Å². The zero-order chi connectivity index (χ0) is 14.0. The summed E-state index contributed by atoms with van der Waals surface area (Å²) in [6.07, 6.45) is 0. The number of furan rings is 1. The van der Waals surface area contributed by atoms with Gasteiger partial charge in [0.25, 0.3) is 5.69 Å². The quantitative estimate of drug-likeness (QED) is 0.486. The number of rotatable bonds is 4. The lowest BCUT2D eigenvalue weighted by atomic mass is 10.3. The van der Waals surface area contributed by atoms with E-state index in [-0.39, 0.29) is 11.4 Å². The number of carboxylic acids is 1. The molecular weight excluding hydrogens is 385 g/mol. The predicted molar refractivity (Wildman–Crippen MR) is 75.6 cm³/mol. The fourth-order valence-corrected chi connectivity index (χ4v) is 2.89. The van der Waals surface area contributed by atoms with Crippen LogP contribution in [0, 0.1) is 13.7 Å². The van der Waals surface area contributed by atoms with Gasteiger partial charge in [-0.3, -0.25) is 10.1 Å². The van der Waals surface area contributed by atoms with Crippen LogP contribution in [0.4, 0.5) is 5.69 Å². The molecule has 2 rings (SSSR count). The fraction of sp³-hybridized carbons (Fsp3) is 0. The smallest absolute Gasteiger partial charge is 0.371 e. The van der Waals surface area contributed by atoms with Crippen LogP contribution in [0.25, 0.3) is 0 Å². The molecule has 0 aliphatic carbocycles. The van der Waals surface area contributed by atoms with E-state index < -0.39 is 10.9 Å². The van der Waals surface area contributed by atoms with Crippen molar-refractivity contribution in [2.75, 3.05) is 0 Å². The summed E-state index contributed by atoms with van der Waals surface area (Å²) in [5, 5.41) is 19.8. The van der Waals surface area contributed by atoms with Gasteiger partial charge in [-0.25, -0.2) is 4.79 Å². The van der Waals surface area contributed by atoms with Crippen LogP contribution in [0.2, 0.25) is 0 Å². The number of non-ortho nitro benzene ring substituents is 1. The second-order valence-corrected chi connectivity index (χ2v) is 5.61. The fourth-order valence-electron chi connectivity index (χ4n) is 1.28. The summed E-state index contributed by atoms with van der Waals surface area (Å²) < 4.78 is 5.81. The summed E-state index contributed by atoms with van der Waals surface area (Å²) >= 11 is 3.20. The summed E-state index contributed by atoms with van der Waals surface area (Å²) in [6, 6.07) is 7.36. The number of nitro groups is 1. The van der Waals surface area contributed by atoms with Gasteiger partial charge in [0.1, 0.15) is 0 Å². The molecule has 8 heteroatoms. The topological polar surface area (TPSA) is 93.6 Å². The van der Waals surface area contributed by atoms with Gasteiger partial charge in [0, 0.05) is 20.6 Å². The van der Waals surface area contributed by atoms with Crippen molar-refractivity contribution >= 4 is 46.0 Å². The average Bonchev–Trinajstić information content (AvgIpc) is 2.80. The van der Waals surface area contributed by atoms with E-state index in [1.54, 1.807) is 12.1 Å². The predicted octanol–water partition coefficient (Wildman–Crippen LogP) is 3.64. The molecule has 0 spiro atoms. The molecule has 0 aliphatic heterocycles. The Morgan fingerprint density at radius 1 is 1.37 bits per heavy atom. The van der Waals surface area contributed by atoms with Crippen LogP contribution in [0.15, 0.2) is 44.7 Å². The Morgan fingerprint density at radius 3 is 2.63 bits per heavy atom. The molecule has 0 atom stereocenters. The number of carboxylic acid groups (broad SMARTS) is 1. The van der Waals surface area contributed by atoms with Gasteiger partial charge >= 0.3 is 5.97 Å². The van der Waals surface area contributed by atoms with Crippen LogP contribution >= 0.6 is 34.4 Å². The van der Waals surface area contributed by atoms with E-state index in [0.717, 1.165) is 4.90 Å². The minimum atomic E-state index is -1.13. The largest absolute Gasteiger partial charge is 0.475 e. The Hall–Kier alpha value is -1.55. The Labute approximate surface area is 125 Å². The molecule has 0 fully saturated rings. The van der Waals surface area contributed by atoms with Crippen LogP contribution in [0.1, 0.15) is 10.6 Å². The number of aromatic carboxylic acids is 1. The highest BCUT2D eigenvalue weighted by atomic mass is 127. The Balaban J connectivity index is 2.23. The molecule has 0 aliphatic rings. The molecule has 0 amide bonds. The molecule has 1 heterocycles. The van der Waals surface area contributed by atoms with Gasteiger partial charge in [-0.2, -0.15) is 0 Å². The number of hydrogen-bond acceptors (Lipinski definition) is 5. The maximum atomic E-state index is 10.7. The Bertz CT molecular complexity index is 654. The van der Waals surface area contributed by atoms with Gasteiger partial charge in [0.05, 0.1) is 4.92 Å². The van der Waals surface area contributed by atoms with Crippen LogP contribution in [-0.2, 0) is 0 Å². The zero-order valence-electron chi connectivity index (χ0n) is 9.20. The van der Waals surface area contributed by atoms with Crippen molar-refractivity contribution in [2.24, 2.45) is 0 Å². The first-order valence-electron chi connectivity index (χ1n) is 4.92. The summed E-state index contributed by atoms with van der Waals surface area (Å²) in [6.45, 7) is 0. The van der Waals surface area contributed by atoms with E-state index in [9.17, 15) is 14.9 Å². The molecule has 0 bridgehead atoms. The van der Waals surface area contributed by atoms with Gasteiger partial charge in [-0.1, -0.05) is 11.8 Å². The maximum absolute atomic E-state index is 10.7. The van der Waals surface area contributed by atoms with Crippen molar-refractivity contribution in [3.8, 4) is 0 Å². The Morgan fingerprint density at radius 2 is 2.11 bits per heavy atom. The summed E-state index contributed by atoms with van der Waals surface area (Å²) in [5.41, 5.74) is 0.0134. The van der Waals surface area contributed by atoms with Gasteiger partial charge < -0.3 is 9.52 Å². The lowest BCUT2D eigenvalue weighted by molar-refractivity contribution is -0.385. The van der Waals surface area contributed by atoms with Crippen LogP contribution in [0.3, 0.4) is 0 Å². The van der Waals surface area contributed by atoms with E-state index in [0.29, 0.717) is 8.66 Å². The molecule has 1 N–H and O–H groups in total. The first-order chi connectivity index (χ1) is 8.97. The minimum Gasteiger partial charge on any atom is -0.475 e. The zero-order valence-corrected chi connectivity index (χ0v) is 12.2. The van der Waals surface area contributed by atoms with Crippen LogP contribution in [0.5, 0.6) is 0 Å². The number of halogens is 1. The second kappa shape index (κ2) is 5.61. The number of nitro benzene ring substituents is 1. The van der Waals surface area contributed by atoms with Gasteiger partial charge in [0.15, 0.2) is 5.09 Å². The lowest BCUT2D eigenvalue weighted by Gasteiger charge is -2.01. The van der Waals surface area contributed by atoms with E-state index in [4.69, 9.17) is 9.52 Å². The molecule has 19 heavy (non-hydrogen) atoms. The van der Waals surface area contributed by atoms with Gasteiger partial charge in [-0.05, 0) is 40.8 Å². The maximum Gasteiger partial charge on any atom is 0.371 e. The van der Waals surface area contributed by atoms with Crippen molar-refractivity contribution in [3.05, 3.63) is 49.8 Å². The first kappa shape index (κ1) is 13.9. The summed E-state index contributed by atoms with van der Waals surface area (Å²) in [4.78, 5) is 21.6. The van der Waals surface area contributed by atoms with Crippen molar-refractivity contribution in [2.45, 2.75) is 9.99 Å². The number of nitrogens with zero attached hydrogens (tertiary/aromatic N) is 1. The average molecular weight is 391 g/mol. The van der Waals surface area contributed by atoms with Crippen LogP contribution < -0.4 is 0 Å². The molecule has 98 valence electrons. The normalized spacial score (nSPS) is 10.4. The monoisotopic (exact) mass is 391 g/mol. The van der Waals surface area contributed by atoms with Gasteiger partial charge in [0.2, 0.25) is 5.76 Å². The third kappa shape index (κ3) is 3.26. The first-order valence-corrected chi connectivity index (χ1v) is 6.82. The van der Waals surface area contributed by atoms with E-state index in [2.05, 4.69) is 0 Å². The second-order valence-electron chi connectivity index (χ2n) is 3.40. The lowest BCUT2D eigenvalue weighted by Crippen LogP contribution is -1.91. The molecular formula is C11H6INO5S. The Kier molecular flexibility index (Phi) is 4.10. The third-order valence-corrected chi connectivity index (χ3v) is 4.38. The molecule has 0 saturated carbocycles. The highest BCUT2D eigenvalue weighted by Crippen LogP contribution is 2.34. The standard InChI is InChI=1S/C11H6INO5S/c12-7-5-6(13(16)17)1-3-9(7)19-10-4-2-8(18-10)11(14)15/h1-5H,(H,14,15).